The number of hydrazone groups is 1. The summed E-state index contributed by atoms with van der Waals surface area (Å²) in [7, 11) is 0. The minimum Gasteiger partial charge on any atom is -0.494 e. The molecule has 2 rings (SSSR count). The average Bonchev–Trinajstić information content (AvgIpc) is 2.73. The topological polar surface area (TPSA) is 106 Å². The summed E-state index contributed by atoms with van der Waals surface area (Å²) in [6, 6.07) is 13.7. The third kappa shape index (κ3) is 8.79. The third-order valence-electron chi connectivity index (χ3n) is 3.61. The van der Waals surface area contributed by atoms with E-state index in [4.69, 9.17) is 19.3 Å². The molecule has 0 aliphatic rings. The van der Waals surface area contributed by atoms with Gasteiger partial charge in [0, 0.05) is 0 Å². The normalized spacial score (nSPS) is 10.5. The predicted molar refractivity (Wildman–Crippen MR) is 108 cm³/mol. The highest BCUT2D eigenvalue weighted by molar-refractivity contribution is 5.83. The van der Waals surface area contributed by atoms with Crippen molar-refractivity contribution >= 4 is 18.1 Å². The number of ether oxygens (including phenoxy) is 3. The maximum Gasteiger partial charge on any atom is 0.341 e. The molecule has 0 bridgehead atoms. The van der Waals surface area contributed by atoms with E-state index in [0.717, 1.165) is 18.6 Å². The van der Waals surface area contributed by atoms with Crippen LogP contribution >= 0.6 is 0 Å². The van der Waals surface area contributed by atoms with Gasteiger partial charge in [0.25, 0.3) is 5.91 Å². The summed E-state index contributed by atoms with van der Waals surface area (Å²) in [5, 5.41) is 12.4. The second-order valence-corrected chi connectivity index (χ2v) is 6.01. The molecule has 2 N–H and O–H groups in total. The van der Waals surface area contributed by atoms with Gasteiger partial charge in [-0.3, -0.25) is 4.79 Å². The van der Waals surface area contributed by atoms with E-state index < -0.39 is 18.5 Å². The number of carboxylic acid groups (broad SMARTS) is 1. The molecule has 0 radical (unpaired) electrons. The highest BCUT2D eigenvalue weighted by Gasteiger charge is 2.02. The van der Waals surface area contributed by atoms with E-state index in [2.05, 4.69) is 17.5 Å². The van der Waals surface area contributed by atoms with Crippen molar-refractivity contribution in [3.8, 4) is 17.2 Å². The molecule has 0 saturated heterocycles. The smallest absolute Gasteiger partial charge is 0.341 e. The molecule has 0 heterocycles. The van der Waals surface area contributed by atoms with E-state index in [1.165, 1.54) is 6.21 Å². The molecule has 0 aliphatic carbocycles. The monoisotopic (exact) mass is 400 g/mol. The number of carbonyl (C=O) groups excluding carboxylic acids is 1. The molecule has 1 amide bonds. The second kappa shape index (κ2) is 12.0. The molecular formula is C21H24N2O6. The van der Waals surface area contributed by atoms with E-state index in [1.54, 1.807) is 48.5 Å². The lowest BCUT2D eigenvalue weighted by atomic mass is 10.2. The predicted octanol–water partition coefficient (Wildman–Crippen LogP) is 2.86. The van der Waals surface area contributed by atoms with Gasteiger partial charge in [0.1, 0.15) is 17.2 Å². The number of carboxylic acids is 1. The fourth-order valence-electron chi connectivity index (χ4n) is 2.12. The fraction of sp³-hybridized carbons (Fsp3) is 0.286. The van der Waals surface area contributed by atoms with Crippen LogP contribution < -0.4 is 19.6 Å². The number of benzene rings is 2. The van der Waals surface area contributed by atoms with Crippen LogP contribution in [-0.4, -0.2) is 43.0 Å². The van der Waals surface area contributed by atoms with Crippen LogP contribution in [0.2, 0.25) is 0 Å². The minimum atomic E-state index is -1.04. The van der Waals surface area contributed by atoms with Crippen molar-refractivity contribution in [1.82, 2.24) is 5.43 Å². The van der Waals surface area contributed by atoms with Crippen LogP contribution in [0.25, 0.3) is 0 Å². The lowest BCUT2D eigenvalue weighted by Gasteiger charge is -2.08. The van der Waals surface area contributed by atoms with Gasteiger partial charge in [0.05, 0.1) is 12.8 Å². The van der Waals surface area contributed by atoms with Crippen molar-refractivity contribution < 1.29 is 28.9 Å². The van der Waals surface area contributed by atoms with Crippen molar-refractivity contribution in [3.05, 3.63) is 54.1 Å². The van der Waals surface area contributed by atoms with Crippen LogP contribution in [0.3, 0.4) is 0 Å². The number of rotatable bonds is 12. The molecule has 0 fully saturated rings. The quantitative estimate of drug-likeness (QED) is 0.322. The van der Waals surface area contributed by atoms with Gasteiger partial charge in [0.2, 0.25) is 0 Å². The first-order valence-electron chi connectivity index (χ1n) is 9.19. The molecule has 29 heavy (non-hydrogen) atoms. The molecular weight excluding hydrogens is 376 g/mol. The highest BCUT2D eigenvalue weighted by Crippen LogP contribution is 2.17. The summed E-state index contributed by atoms with van der Waals surface area (Å²) < 4.78 is 16.0. The molecule has 0 unspecified atom stereocenters. The van der Waals surface area contributed by atoms with E-state index in [0.29, 0.717) is 23.7 Å². The number of hydrogen-bond acceptors (Lipinski definition) is 6. The Hall–Kier alpha value is -3.55. The van der Waals surface area contributed by atoms with Gasteiger partial charge < -0.3 is 19.3 Å². The number of hydrogen-bond donors (Lipinski definition) is 2. The Balaban J connectivity index is 1.70. The first-order chi connectivity index (χ1) is 14.1. The number of nitrogens with zero attached hydrogens (tertiary/aromatic N) is 1. The van der Waals surface area contributed by atoms with Crippen LogP contribution in [0.15, 0.2) is 53.6 Å². The van der Waals surface area contributed by atoms with Crippen molar-refractivity contribution in [2.45, 2.75) is 19.8 Å². The lowest BCUT2D eigenvalue weighted by Crippen LogP contribution is -2.24. The maximum atomic E-state index is 11.8. The molecule has 0 atom stereocenters. The van der Waals surface area contributed by atoms with Gasteiger partial charge >= 0.3 is 5.97 Å². The lowest BCUT2D eigenvalue weighted by molar-refractivity contribution is -0.139. The molecule has 154 valence electrons. The van der Waals surface area contributed by atoms with Crippen LogP contribution in [0.4, 0.5) is 0 Å². The number of carbonyl (C=O) groups is 2. The summed E-state index contributed by atoms with van der Waals surface area (Å²) in [5.41, 5.74) is 3.09. The summed E-state index contributed by atoms with van der Waals surface area (Å²) in [4.78, 5) is 22.3. The summed E-state index contributed by atoms with van der Waals surface area (Å²) in [6.45, 7) is 2.20. The van der Waals surface area contributed by atoms with Gasteiger partial charge in [-0.05, 0) is 60.5 Å². The van der Waals surface area contributed by atoms with E-state index >= 15 is 0 Å². The van der Waals surface area contributed by atoms with Gasteiger partial charge in [-0.2, -0.15) is 5.10 Å². The van der Waals surface area contributed by atoms with E-state index in [9.17, 15) is 9.59 Å². The summed E-state index contributed by atoms with van der Waals surface area (Å²) >= 11 is 0. The Labute approximate surface area is 169 Å². The molecule has 0 aliphatic heterocycles. The number of aliphatic carboxylic acids is 1. The first-order valence-corrected chi connectivity index (χ1v) is 9.19. The Morgan fingerprint density at radius 2 is 1.48 bits per heavy atom. The molecule has 0 spiro atoms. The number of nitrogens with one attached hydrogen (secondary N) is 1. The summed E-state index contributed by atoms with van der Waals surface area (Å²) in [5.74, 6) is 0.315. The van der Waals surface area contributed by atoms with Gasteiger partial charge in [-0.25, -0.2) is 10.2 Å². The van der Waals surface area contributed by atoms with E-state index in [-0.39, 0.29) is 6.61 Å². The summed E-state index contributed by atoms with van der Waals surface area (Å²) in [6.07, 6.45) is 3.54. The number of unbranched alkanes of at least 4 members (excludes halogenated alkanes) is 1. The van der Waals surface area contributed by atoms with Crippen LogP contribution in [-0.2, 0) is 9.59 Å². The first kappa shape index (κ1) is 21.7. The third-order valence-corrected chi connectivity index (χ3v) is 3.61. The van der Waals surface area contributed by atoms with Crippen molar-refractivity contribution in [2.24, 2.45) is 5.10 Å². The SMILES string of the molecule is CCCCOc1ccc(OCC(=O)N/N=C\c2ccc(OCC(=O)O)cc2)cc1. The Morgan fingerprint density at radius 3 is 2.07 bits per heavy atom. The molecule has 0 saturated carbocycles. The van der Waals surface area contributed by atoms with Crippen LogP contribution in [0, 0.1) is 0 Å². The van der Waals surface area contributed by atoms with Crippen LogP contribution in [0.5, 0.6) is 17.2 Å². The van der Waals surface area contributed by atoms with Crippen molar-refractivity contribution in [1.29, 1.82) is 0 Å². The molecule has 8 nitrogen and oxygen atoms in total. The Kier molecular flexibility index (Phi) is 9.01. The largest absolute Gasteiger partial charge is 0.494 e. The Bertz CT molecular complexity index is 803. The zero-order valence-corrected chi connectivity index (χ0v) is 16.2. The number of amides is 1. The minimum absolute atomic E-state index is 0.171. The molecule has 8 heteroatoms. The Morgan fingerprint density at radius 1 is 0.931 bits per heavy atom. The standard InChI is InChI=1S/C21H24N2O6/c1-2-3-12-27-17-8-10-19(11-9-17)28-14-20(24)23-22-13-16-4-6-18(7-5-16)29-15-21(25)26/h4-11,13H,2-3,12,14-15H2,1H3,(H,23,24)(H,25,26)/b22-13-. The van der Waals surface area contributed by atoms with E-state index in [1.807, 2.05) is 0 Å². The van der Waals surface area contributed by atoms with Crippen molar-refractivity contribution in [3.63, 3.8) is 0 Å². The van der Waals surface area contributed by atoms with Crippen LogP contribution in [0.1, 0.15) is 25.3 Å². The molecule has 0 aromatic heterocycles. The highest BCUT2D eigenvalue weighted by atomic mass is 16.5. The fourth-order valence-corrected chi connectivity index (χ4v) is 2.12. The van der Waals surface area contributed by atoms with Gasteiger partial charge in [-0.15, -0.1) is 0 Å². The molecule has 2 aromatic carbocycles. The van der Waals surface area contributed by atoms with Crippen molar-refractivity contribution in [2.75, 3.05) is 19.8 Å². The molecule has 2 aromatic rings. The zero-order chi connectivity index (χ0) is 20.9. The van der Waals surface area contributed by atoms with Gasteiger partial charge in [-0.1, -0.05) is 13.3 Å². The second-order valence-electron chi connectivity index (χ2n) is 6.01. The average molecular weight is 400 g/mol. The van der Waals surface area contributed by atoms with Gasteiger partial charge in [0.15, 0.2) is 13.2 Å². The zero-order valence-electron chi connectivity index (χ0n) is 16.2. The maximum absolute atomic E-state index is 11.8.